The Morgan fingerprint density at radius 1 is 0.833 bits per heavy atom. The maximum Gasteiger partial charge on any atom is 0.325 e. The number of aromatic nitrogens is 2. The quantitative estimate of drug-likeness (QED) is 0.106. The molecule has 2 amide bonds. The molecule has 10 heteroatoms. The molecule has 0 aliphatic carbocycles. The van der Waals surface area contributed by atoms with Gasteiger partial charge in [0.25, 0.3) is 5.91 Å². The molecule has 2 aromatic carbocycles. The summed E-state index contributed by atoms with van der Waals surface area (Å²) < 4.78 is 5.88. The van der Waals surface area contributed by atoms with Crippen LogP contribution in [0.4, 0.5) is 0 Å². The number of unbranched alkanes of at least 4 members (excludes halogenated alkanes) is 4. The molecular formula is C38H46N4O5S. The first-order valence-corrected chi connectivity index (χ1v) is 17.3. The summed E-state index contributed by atoms with van der Waals surface area (Å²) >= 11 is 1.37. The fraction of sp³-hybridized carbons (Fsp3) is 0.395. The summed E-state index contributed by atoms with van der Waals surface area (Å²) in [6, 6.07) is 17.0. The summed E-state index contributed by atoms with van der Waals surface area (Å²) in [7, 11) is 0. The standard InChI is InChI=1S/C38H46N4O5S/c1-6-7-8-9-10-21-47-30-17-15-27(16-18-30)29-23-39-34(40-24-29)28-13-11-26(12-14-28)22-31(35(43)41-25(2)37(45)46)42-36(44)32-19-20-33(48-32)38(3,4)5/h11-20,23-25,31H,6-10,21-22H2,1-5H3,(H,41,43)(H,42,44)(H,45,46). The van der Waals surface area contributed by atoms with Gasteiger partial charge in [0, 0.05) is 34.8 Å². The molecule has 0 fully saturated rings. The Balaban J connectivity index is 1.40. The molecule has 0 radical (unpaired) electrons. The topological polar surface area (TPSA) is 131 Å². The molecule has 2 unspecified atom stereocenters. The number of carboxylic acids is 1. The number of carbonyl (C=O) groups is 3. The van der Waals surface area contributed by atoms with E-state index >= 15 is 0 Å². The molecule has 9 nitrogen and oxygen atoms in total. The number of rotatable bonds is 16. The van der Waals surface area contributed by atoms with E-state index in [2.05, 4.69) is 48.3 Å². The van der Waals surface area contributed by atoms with Crippen LogP contribution >= 0.6 is 11.3 Å². The van der Waals surface area contributed by atoms with Crippen LogP contribution in [0.2, 0.25) is 0 Å². The first kappa shape index (κ1) is 36.3. The van der Waals surface area contributed by atoms with Crippen molar-refractivity contribution in [2.45, 2.75) is 90.6 Å². The molecule has 0 aliphatic heterocycles. The number of hydrogen-bond acceptors (Lipinski definition) is 7. The van der Waals surface area contributed by atoms with Crippen LogP contribution in [0.1, 0.15) is 86.8 Å². The molecule has 0 saturated heterocycles. The fourth-order valence-electron chi connectivity index (χ4n) is 4.97. The monoisotopic (exact) mass is 670 g/mol. The number of carbonyl (C=O) groups excluding carboxylic acids is 2. The van der Waals surface area contributed by atoms with Gasteiger partial charge in [-0.15, -0.1) is 11.3 Å². The van der Waals surface area contributed by atoms with Crippen LogP contribution in [-0.2, 0) is 21.4 Å². The Morgan fingerprint density at radius 2 is 1.48 bits per heavy atom. The van der Waals surface area contributed by atoms with Gasteiger partial charge in [0.1, 0.15) is 17.8 Å². The van der Waals surface area contributed by atoms with Gasteiger partial charge in [-0.3, -0.25) is 14.4 Å². The van der Waals surface area contributed by atoms with E-state index in [4.69, 9.17) is 4.74 Å². The van der Waals surface area contributed by atoms with E-state index in [0.717, 1.165) is 45.9 Å². The highest BCUT2D eigenvalue weighted by Gasteiger charge is 2.26. The number of nitrogens with one attached hydrogen (secondary N) is 2. The fourth-order valence-corrected chi connectivity index (χ4v) is 5.94. The molecule has 2 atom stereocenters. The predicted octanol–water partition coefficient (Wildman–Crippen LogP) is 7.45. The summed E-state index contributed by atoms with van der Waals surface area (Å²) in [5.74, 6) is -0.715. The molecule has 254 valence electrons. The molecule has 3 N–H and O–H groups in total. The molecule has 4 aromatic rings. The van der Waals surface area contributed by atoms with Crippen molar-refractivity contribution < 1.29 is 24.2 Å². The maximum atomic E-state index is 13.2. The van der Waals surface area contributed by atoms with Gasteiger partial charge in [0.15, 0.2) is 5.82 Å². The normalized spacial score (nSPS) is 12.6. The van der Waals surface area contributed by atoms with Crippen LogP contribution < -0.4 is 15.4 Å². The number of nitrogens with zero attached hydrogens (tertiary/aromatic N) is 2. The smallest absolute Gasteiger partial charge is 0.325 e. The summed E-state index contributed by atoms with van der Waals surface area (Å²) in [6.45, 7) is 10.5. The zero-order valence-electron chi connectivity index (χ0n) is 28.4. The second kappa shape index (κ2) is 17.0. The first-order valence-electron chi connectivity index (χ1n) is 16.5. The van der Waals surface area contributed by atoms with E-state index in [1.54, 1.807) is 18.5 Å². The Labute approximate surface area is 287 Å². The number of benzene rings is 2. The zero-order chi connectivity index (χ0) is 34.7. The van der Waals surface area contributed by atoms with E-state index in [1.807, 2.05) is 54.6 Å². The van der Waals surface area contributed by atoms with Crippen molar-refractivity contribution in [1.29, 1.82) is 0 Å². The predicted molar refractivity (Wildman–Crippen MR) is 190 cm³/mol. The number of carboxylic acid groups (broad SMARTS) is 1. The van der Waals surface area contributed by atoms with Crippen LogP contribution in [0.15, 0.2) is 73.1 Å². The minimum Gasteiger partial charge on any atom is -0.494 e. The van der Waals surface area contributed by atoms with Gasteiger partial charge in [0.05, 0.1) is 11.5 Å². The first-order chi connectivity index (χ1) is 22.9. The summed E-state index contributed by atoms with van der Waals surface area (Å²) in [5.41, 5.74) is 3.35. The molecule has 0 aliphatic rings. The number of aliphatic carboxylic acids is 1. The Morgan fingerprint density at radius 3 is 2.08 bits per heavy atom. The van der Waals surface area contributed by atoms with Crippen LogP contribution in [0.25, 0.3) is 22.5 Å². The van der Waals surface area contributed by atoms with Gasteiger partial charge in [-0.05, 0) is 54.2 Å². The van der Waals surface area contributed by atoms with E-state index in [1.165, 1.54) is 43.9 Å². The van der Waals surface area contributed by atoms with Gasteiger partial charge in [0.2, 0.25) is 5.91 Å². The van der Waals surface area contributed by atoms with Gasteiger partial charge >= 0.3 is 5.97 Å². The third kappa shape index (κ3) is 10.5. The van der Waals surface area contributed by atoms with Crippen molar-refractivity contribution in [3.63, 3.8) is 0 Å². The minimum absolute atomic E-state index is 0.115. The van der Waals surface area contributed by atoms with Crippen molar-refractivity contribution in [1.82, 2.24) is 20.6 Å². The zero-order valence-corrected chi connectivity index (χ0v) is 29.2. The Bertz CT molecular complexity index is 1640. The lowest BCUT2D eigenvalue weighted by Gasteiger charge is -2.20. The highest BCUT2D eigenvalue weighted by atomic mass is 32.1. The van der Waals surface area contributed by atoms with Crippen molar-refractivity contribution >= 4 is 29.1 Å². The average Bonchev–Trinajstić information content (AvgIpc) is 3.59. The van der Waals surface area contributed by atoms with Crippen LogP contribution in [0, 0.1) is 0 Å². The Hall–Kier alpha value is -4.57. The number of thiophene rings is 1. The van der Waals surface area contributed by atoms with Crippen LogP contribution in [-0.4, -0.2) is 51.5 Å². The van der Waals surface area contributed by atoms with Gasteiger partial charge in [-0.2, -0.15) is 0 Å². The molecule has 0 bridgehead atoms. The average molecular weight is 671 g/mol. The third-order valence-corrected chi connectivity index (χ3v) is 9.44. The number of hydrogen-bond donors (Lipinski definition) is 3. The van der Waals surface area contributed by atoms with E-state index in [0.29, 0.717) is 10.7 Å². The molecular weight excluding hydrogens is 625 g/mol. The van der Waals surface area contributed by atoms with E-state index in [9.17, 15) is 19.5 Å². The summed E-state index contributed by atoms with van der Waals surface area (Å²) in [4.78, 5) is 48.4. The van der Waals surface area contributed by atoms with Crippen LogP contribution in [0.3, 0.4) is 0 Å². The van der Waals surface area contributed by atoms with Gasteiger partial charge in [-0.25, -0.2) is 9.97 Å². The Kier molecular flexibility index (Phi) is 12.9. The molecule has 0 spiro atoms. The lowest BCUT2D eigenvalue weighted by Crippen LogP contribution is -2.51. The lowest BCUT2D eigenvalue weighted by atomic mass is 9.95. The van der Waals surface area contributed by atoms with Crippen molar-refractivity contribution in [2.24, 2.45) is 0 Å². The molecule has 0 saturated carbocycles. The lowest BCUT2D eigenvalue weighted by molar-refractivity contribution is -0.141. The summed E-state index contributed by atoms with van der Waals surface area (Å²) in [6.07, 6.45) is 9.75. The van der Waals surface area contributed by atoms with E-state index in [-0.39, 0.29) is 17.7 Å². The SMILES string of the molecule is CCCCCCCOc1ccc(-c2cnc(-c3ccc(CC(NC(=O)c4ccc(C(C)(C)C)s4)C(=O)NC(C)C(=O)O)cc3)nc2)cc1. The van der Waals surface area contributed by atoms with Crippen molar-refractivity contribution in [3.8, 4) is 28.3 Å². The van der Waals surface area contributed by atoms with Crippen molar-refractivity contribution in [2.75, 3.05) is 6.61 Å². The molecule has 2 heterocycles. The highest BCUT2D eigenvalue weighted by Crippen LogP contribution is 2.29. The largest absolute Gasteiger partial charge is 0.494 e. The second-order valence-electron chi connectivity index (χ2n) is 13.0. The number of ether oxygens (including phenoxy) is 1. The van der Waals surface area contributed by atoms with Gasteiger partial charge < -0.3 is 20.5 Å². The highest BCUT2D eigenvalue weighted by molar-refractivity contribution is 7.14. The second-order valence-corrected chi connectivity index (χ2v) is 14.1. The van der Waals surface area contributed by atoms with Gasteiger partial charge in [-0.1, -0.05) is 89.8 Å². The minimum atomic E-state index is -1.16. The number of amides is 2. The molecule has 48 heavy (non-hydrogen) atoms. The molecule has 2 aromatic heterocycles. The maximum absolute atomic E-state index is 13.2. The summed E-state index contributed by atoms with van der Waals surface area (Å²) in [5, 5.41) is 14.6. The van der Waals surface area contributed by atoms with E-state index < -0.39 is 24.0 Å². The molecule has 4 rings (SSSR count). The third-order valence-electron chi connectivity index (χ3n) is 7.93. The van der Waals surface area contributed by atoms with Crippen LogP contribution in [0.5, 0.6) is 5.75 Å². The van der Waals surface area contributed by atoms with Crippen molar-refractivity contribution in [3.05, 3.63) is 88.4 Å².